The minimum atomic E-state index is -0.547. The van der Waals surface area contributed by atoms with Crippen molar-refractivity contribution in [3.05, 3.63) is 34.9 Å². The van der Waals surface area contributed by atoms with Crippen molar-refractivity contribution in [1.82, 2.24) is 20.4 Å². The molecule has 3 saturated heterocycles. The first-order valence-electron chi connectivity index (χ1n) is 10.7. The largest absolute Gasteiger partial charge is 0.322 e. The molecule has 0 radical (unpaired) electrons. The summed E-state index contributed by atoms with van der Waals surface area (Å²) < 4.78 is 0. The van der Waals surface area contributed by atoms with Gasteiger partial charge in [-0.25, -0.2) is 0 Å². The first kappa shape index (κ1) is 18.8. The summed E-state index contributed by atoms with van der Waals surface area (Å²) >= 11 is 0. The lowest BCUT2D eigenvalue weighted by Gasteiger charge is -2.34. The van der Waals surface area contributed by atoms with Gasteiger partial charge in [-0.1, -0.05) is 12.1 Å². The number of amides is 3. The Labute approximate surface area is 170 Å². The fourth-order valence-corrected chi connectivity index (χ4v) is 5.51. The maximum atomic E-state index is 12.8. The number of hydrogen-bond acceptors (Lipinski definition) is 5. The molecule has 1 atom stereocenters. The molecular weight excluding hydrogens is 368 g/mol. The Hall–Kier alpha value is -2.25. The van der Waals surface area contributed by atoms with Gasteiger partial charge in [0, 0.05) is 31.6 Å². The SMILES string of the molecule is O=C1CCC(N2Cc3cc(CN4CCC5(CCNCC5)C4)ccc3C2=O)C(=O)N1. The molecule has 0 saturated carbocycles. The lowest BCUT2D eigenvalue weighted by Crippen LogP contribution is -2.52. The predicted molar refractivity (Wildman–Crippen MR) is 107 cm³/mol. The highest BCUT2D eigenvalue weighted by Gasteiger charge is 2.40. The molecule has 3 amide bonds. The van der Waals surface area contributed by atoms with Crippen LogP contribution < -0.4 is 10.6 Å². The highest BCUT2D eigenvalue weighted by atomic mass is 16.2. The zero-order valence-electron chi connectivity index (χ0n) is 16.7. The molecule has 2 N–H and O–H groups in total. The van der Waals surface area contributed by atoms with Crippen LogP contribution in [0.25, 0.3) is 0 Å². The van der Waals surface area contributed by atoms with Crippen LogP contribution in [0.1, 0.15) is 53.6 Å². The molecule has 0 bridgehead atoms. The highest BCUT2D eigenvalue weighted by Crippen LogP contribution is 2.39. The number of carbonyl (C=O) groups excluding carboxylic acids is 3. The van der Waals surface area contributed by atoms with Gasteiger partial charge in [0.1, 0.15) is 6.04 Å². The highest BCUT2D eigenvalue weighted by molar-refractivity contribution is 6.05. The van der Waals surface area contributed by atoms with Gasteiger partial charge < -0.3 is 10.2 Å². The summed E-state index contributed by atoms with van der Waals surface area (Å²) in [5.41, 5.74) is 3.40. The molecule has 154 valence electrons. The van der Waals surface area contributed by atoms with Gasteiger partial charge in [-0.15, -0.1) is 0 Å². The topological polar surface area (TPSA) is 81.8 Å². The van der Waals surface area contributed by atoms with E-state index in [9.17, 15) is 14.4 Å². The van der Waals surface area contributed by atoms with Crippen molar-refractivity contribution in [3.8, 4) is 0 Å². The van der Waals surface area contributed by atoms with Crippen LogP contribution in [0.15, 0.2) is 18.2 Å². The van der Waals surface area contributed by atoms with Crippen LogP contribution in [0.3, 0.4) is 0 Å². The van der Waals surface area contributed by atoms with Crippen molar-refractivity contribution in [2.24, 2.45) is 5.41 Å². The van der Waals surface area contributed by atoms with Gasteiger partial charge in [-0.2, -0.15) is 0 Å². The molecule has 4 heterocycles. The van der Waals surface area contributed by atoms with Gasteiger partial charge in [0.15, 0.2) is 0 Å². The molecule has 1 aromatic carbocycles. The van der Waals surface area contributed by atoms with Crippen LogP contribution in [-0.2, 0) is 22.7 Å². The van der Waals surface area contributed by atoms with Crippen LogP contribution in [0, 0.1) is 5.41 Å². The third kappa shape index (κ3) is 3.46. The second-order valence-electron chi connectivity index (χ2n) is 9.10. The van der Waals surface area contributed by atoms with Gasteiger partial charge in [0.25, 0.3) is 5.91 Å². The third-order valence-electron chi connectivity index (χ3n) is 7.18. The Balaban J connectivity index is 1.27. The van der Waals surface area contributed by atoms with E-state index in [0.29, 0.717) is 23.9 Å². The van der Waals surface area contributed by atoms with E-state index < -0.39 is 6.04 Å². The summed E-state index contributed by atoms with van der Waals surface area (Å²) in [6.07, 6.45) is 4.50. The van der Waals surface area contributed by atoms with Gasteiger partial charge in [-0.3, -0.25) is 24.6 Å². The molecule has 0 aromatic heterocycles. The van der Waals surface area contributed by atoms with Gasteiger partial charge in [-0.05, 0) is 67.9 Å². The van der Waals surface area contributed by atoms with Crippen molar-refractivity contribution in [2.75, 3.05) is 26.2 Å². The maximum Gasteiger partial charge on any atom is 0.255 e. The monoisotopic (exact) mass is 396 g/mol. The number of fused-ring (bicyclic) bond motifs is 1. The van der Waals surface area contributed by atoms with Gasteiger partial charge >= 0.3 is 0 Å². The molecule has 1 spiro atoms. The fourth-order valence-electron chi connectivity index (χ4n) is 5.51. The van der Waals surface area contributed by atoms with E-state index in [1.165, 1.54) is 24.8 Å². The first-order chi connectivity index (χ1) is 14.0. The minimum absolute atomic E-state index is 0.101. The van der Waals surface area contributed by atoms with Crippen molar-refractivity contribution < 1.29 is 14.4 Å². The lowest BCUT2D eigenvalue weighted by atomic mass is 9.78. The molecule has 0 aliphatic carbocycles. The molecule has 1 unspecified atom stereocenters. The Morgan fingerprint density at radius 3 is 2.72 bits per heavy atom. The smallest absolute Gasteiger partial charge is 0.255 e. The van der Waals surface area contributed by atoms with Crippen LogP contribution in [0.4, 0.5) is 0 Å². The Kier molecular flexibility index (Phi) is 4.67. The number of imide groups is 1. The summed E-state index contributed by atoms with van der Waals surface area (Å²) in [5, 5.41) is 5.83. The minimum Gasteiger partial charge on any atom is -0.322 e. The first-order valence-corrected chi connectivity index (χ1v) is 10.7. The number of benzene rings is 1. The molecule has 4 aliphatic heterocycles. The van der Waals surface area contributed by atoms with Gasteiger partial charge in [0.2, 0.25) is 11.8 Å². The summed E-state index contributed by atoms with van der Waals surface area (Å²) in [6, 6.07) is 5.55. The van der Waals surface area contributed by atoms with Crippen LogP contribution in [0.5, 0.6) is 0 Å². The Morgan fingerprint density at radius 2 is 1.93 bits per heavy atom. The number of nitrogens with zero attached hydrogens (tertiary/aromatic N) is 2. The van der Waals surface area contributed by atoms with Crippen molar-refractivity contribution in [3.63, 3.8) is 0 Å². The van der Waals surface area contributed by atoms with Crippen LogP contribution in [0.2, 0.25) is 0 Å². The zero-order chi connectivity index (χ0) is 20.0. The Morgan fingerprint density at radius 1 is 1.10 bits per heavy atom. The molecule has 29 heavy (non-hydrogen) atoms. The van der Waals surface area contributed by atoms with E-state index in [2.05, 4.69) is 27.7 Å². The molecule has 3 fully saturated rings. The normalized spacial score (nSPS) is 26.8. The number of likely N-dealkylation sites (tertiary alicyclic amines) is 1. The molecular formula is C22H28N4O3. The average molecular weight is 396 g/mol. The maximum absolute atomic E-state index is 12.8. The van der Waals surface area contributed by atoms with E-state index >= 15 is 0 Å². The number of carbonyl (C=O) groups is 3. The van der Waals surface area contributed by atoms with Crippen molar-refractivity contribution in [2.45, 2.75) is 51.2 Å². The summed E-state index contributed by atoms with van der Waals surface area (Å²) in [5.74, 6) is -0.710. The number of hydrogen-bond donors (Lipinski definition) is 2. The molecule has 7 heteroatoms. The third-order valence-corrected chi connectivity index (χ3v) is 7.18. The second kappa shape index (κ2) is 7.22. The zero-order valence-corrected chi connectivity index (χ0v) is 16.7. The quantitative estimate of drug-likeness (QED) is 0.746. The summed E-state index contributed by atoms with van der Waals surface area (Å²) in [7, 11) is 0. The van der Waals surface area contributed by atoms with Gasteiger partial charge in [0.05, 0.1) is 0 Å². The summed E-state index contributed by atoms with van der Waals surface area (Å²) in [6.45, 7) is 5.92. The Bertz CT molecular complexity index is 862. The lowest BCUT2D eigenvalue weighted by molar-refractivity contribution is -0.136. The average Bonchev–Trinajstić information content (AvgIpc) is 3.23. The molecule has 1 aromatic rings. The second-order valence-corrected chi connectivity index (χ2v) is 9.10. The molecule has 7 nitrogen and oxygen atoms in total. The van der Waals surface area contributed by atoms with E-state index in [1.807, 2.05) is 6.07 Å². The van der Waals surface area contributed by atoms with E-state index in [1.54, 1.807) is 4.90 Å². The number of rotatable bonds is 3. The van der Waals surface area contributed by atoms with Crippen LogP contribution in [-0.4, -0.2) is 59.7 Å². The van der Waals surface area contributed by atoms with Crippen molar-refractivity contribution >= 4 is 17.7 Å². The summed E-state index contributed by atoms with van der Waals surface area (Å²) in [4.78, 5) is 40.6. The molecule has 4 aliphatic rings. The number of nitrogens with one attached hydrogen (secondary N) is 2. The fraction of sp³-hybridized carbons (Fsp3) is 0.591. The standard InChI is InChI=1S/C22H28N4O3/c27-19-4-3-18(20(28)24-19)26-13-16-11-15(1-2-17(16)21(26)29)12-25-10-7-22(14-25)5-8-23-9-6-22/h1-2,11,18,23H,3-10,12-14H2,(H,24,27,28). The molecule has 5 rings (SSSR count). The van der Waals surface area contributed by atoms with E-state index in [-0.39, 0.29) is 24.1 Å². The van der Waals surface area contributed by atoms with E-state index in [4.69, 9.17) is 0 Å². The van der Waals surface area contributed by atoms with Crippen molar-refractivity contribution in [1.29, 1.82) is 0 Å². The van der Waals surface area contributed by atoms with E-state index in [0.717, 1.165) is 38.3 Å². The predicted octanol–water partition coefficient (Wildman–Crippen LogP) is 1.02. The van der Waals surface area contributed by atoms with Crippen LogP contribution >= 0.6 is 0 Å². The number of piperidine rings is 2.